The van der Waals surface area contributed by atoms with Crippen LogP contribution in [-0.2, 0) is 16.1 Å². The van der Waals surface area contributed by atoms with Crippen molar-refractivity contribution in [1.82, 2.24) is 10.2 Å². The molecule has 0 spiro atoms. The van der Waals surface area contributed by atoms with Crippen LogP contribution in [0.4, 0.5) is 9.18 Å². The summed E-state index contributed by atoms with van der Waals surface area (Å²) in [6.45, 7) is -0.452. The fraction of sp³-hybridized carbons (Fsp3) is 0.500. The van der Waals surface area contributed by atoms with E-state index < -0.39 is 18.5 Å². The molecule has 0 aliphatic carbocycles. The molecule has 2 amide bonds. The predicted octanol–water partition coefficient (Wildman–Crippen LogP) is -2.59. The number of benzene rings is 1. The molecule has 2 fully saturated rings. The maximum absolute atomic E-state index is 12.9. The van der Waals surface area contributed by atoms with Crippen molar-refractivity contribution in [3.63, 3.8) is 0 Å². The van der Waals surface area contributed by atoms with Crippen LogP contribution in [0.2, 0.25) is 0 Å². The number of ether oxygens (including phenoxy) is 1. The summed E-state index contributed by atoms with van der Waals surface area (Å²) in [7, 11) is 0. The van der Waals surface area contributed by atoms with Gasteiger partial charge in [-0.05, 0) is 37.0 Å². The van der Waals surface area contributed by atoms with Gasteiger partial charge < -0.3 is 24.9 Å². The molecule has 2 saturated heterocycles. The van der Waals surface area contributed by atoms with Crippen molar-refractivity contribution in [2.24, 2.45) is 0 Å². The fourth-order valence-corrected chi connectivity index (χ4v) is 3.21. The van der Waals surface area contributed by atoms with Crippen molar-refractivity contribution in [2.45, 2.75) is 44.1 Å². The summed E-state index contributed by atoms with van der Waals surface area (Å²) in [5.74, 6) is -1.73. The largest absolute Gasteiger partial charge is 1.00 e. The quantitative estimate of drug-likeness (QED) is 0.585. The Hall–Kier alpha value is -0.514. The Labute approximate surface area is 182 Å². The van der Waals surface area contributed by atoms with Gasteiger partial charge in [0.2, 0.25) is 0 Å². The van der Waals surface area contributed by atoms with Gasteiger partial charge in [0.25, 0.3) is 0 Å². The minimum atomic E-state index is -1.34. The smallest absolute Gasteiger partial charge is 0.548 e. The summed E-state index contributed by atoms with van der Waals surface area (Å²) >= 11 is 0. The van der Waals surface area contributed by atoms with Crippen LogP contribution in [0.25, 0.3) is 0 Å². The summed E-state index contributed by atoms with van der Waals surface area (Å²) in [6.07, 6.45) is 2.88. The van der Waals surface area contributed by atoms with Crippen molar-refractivity contribution in [1.29, 1.82) is 0 Å². The van der Waals surface area contributed by atoms with Crippen LogP contribution in [0.15, 0.2) is 24.3 Å². The van der Waals surface area contributed by atoms with Gasteiger partial charge in [-0.3, -0.25) is 0 Å². The van der Waals surface area contributed by atoms with E-state index in [0.29, 0.717) is 5.56 Å². The molecule has 2 bridgehead atoms. The van der Waals surface area contributed by atoms with E-state index in [-0.39, 0.29) is 82.0 Å². The predicted molar refractivity (Wildman–Crippen MR) is 76.6 cm³/mol. The second-order valence-electron chi connectivity index (χ2n) is 6.02. The molecular formula is C16H18FKN2O4. The van der Waals surface area contributed by atoms with E-state index >= 15 is 0 Å². The number of aliphatic carboxylic acids is 1. The van der Waals surface area contributed by atoms with Crippen molar-refractivity contribution in [3.8, 4) is 0 Å². The van der Waals surface area contributed by atoms with Gasteiger partial charge >= 0.3 is 57.4 Å². The zero-order chi connectivity index (χ0) is 16.4. The van der Waals surface area contributed by atoms with Crippen LogP contribution in [0, 0.1) is 5.82 Å². The van der Waals surface area contributed by atoms with E-state index in [9.17, 15) is 19.1 Å². The van der Waals surface area contributed by atoms with Gasteiger partial charge in [-0.25, -0.2) is 9.18 Å². The molecule has 3 atom stereocenters. The molecule has 24 heavy (non-hydrogen) atoms. The molecule has 1 aromatic rings. The van der Waals surface area contributed by atoms with Crippen molar-refractivity contribution >= 4 is 12.0 Å². The molecule has 1 N–H and O–H groups in total. The first-order chi connectivity index (χ1) is 11.0. The fourth-order valence-electron chi connectivity index (χ4n) is 3.21. The average Bonchev–Trinajstić information content (AvgIpc) is 3.11. The Morgan fingerprint density at radius 2 is 2.00 bits per heavy atom. The van der Waals surface area contributed by atoms with E-state index in [2.05, 4.69) is 5.32 Å². The third-order valence-corrected chi connectivity index (χ3v) is 4.31. The monoisotopic (exact) mass is 360 g/mol. The van der Waals surface area contributed by atoms with Gasteiger partial charge in [-0.2, -0.15) is 0 Å². The molecule has 3 rings (SSSR count). The standard InChI is InChI=1S/C16H19FN2O4.K/c17-11-3-1-10(2-4-11)8-19(9-15(20)21)16(22)18-13-7-12-5-6-14(13)23-12;/h1-4,12-14H,5-9H2,(H,18,22)(H,20,21);/q;+1/p-1/t12-,13-,14+;/m1./s1. The average molecular weight is 360 g/mol. The van der Waals surface area contributed by atoms with Crippen molar-refractivity contribution in [3.05, 3.63) is 35.6 Å². The van der Waals surface area contributed by atoms with Crippen LogP contribution in [0.1, 0.15) is 24.8 Å². The van der Waals surface area contributed by atoms with Crippen LogP contribution < -0.4 is 61.8 Å². The summed E-state index contributed by atoms with van der Waals surface area (Å²) in [4.78, 5) is 24.4. The van der Waals surface area contributed by atoms with Gasteiger partial charge in [-0.1, -0.05) is 12.1 Å². The number of carboxylic acids is 1. The molecule has 0 aromatic heterocycles. The molecule has 0 saturated carbocycles. The Kier molecular flexibility index (Phi) is 7.20. The van der Waals surface area contributed by atoms with Gasteiger partial charge in [0.1, 0.15) is 5.82 Å². The van der Waals surface area contributed by atoms with Crippen molar-refractivity contribution < 1.29 is 75.2 Å². The number of carbonyl (C=O) groups excluding carboxylic acids is 2. The molecule has 0 unspecified atom stereocenters. The number of fused-ring (bicyclic) bond motifs is 2. The molecule has 124 valence electrons. The van der Waals surface area contributed by atoms with E-state index in [1.807, 2.05) is 0 Å². The maximum Gasteiger partial charge on any atom is 1.00 e. The second kappa shape index (κ2) is 8.73. The molecule has 2 aliphatic rings. The zero-order valence-electron chi connectivity index (χ0n) is 13.5. The SMILES string of the molecule is O=C([O-])CN(Cc1ccc(F)cc1)C(=O)N[C@@H]1C[C@H]2CC[C@@H]1O2.[K+]. The summed E-state index contributed by atoms with van der Waals surface area (Å²) in [5.41, 5.74) is 0.645. The number of nitrogens with zero attached hydrogens (tertiary/aromatic N) is 1. The Morgan fingerprint density at radius 1 is 1.29 bits per heavy atom. The first-order valence-corrected chi connectivity index (χ1v) is 7.66. The minimum Gasteiger partial charge on any atom is -0.548 e. The Balaban J connectivity index is 0.00000208. The normalized spacial score (nSPS) is 24.3. The molecule has 2 aliphatic heterocycles. The number of halogens is 1. The van der Waals surface area contributed by atoms with Gasteiger partial charge in [0.05, 0.1) is 30.8 Å². The number of hydrogen-bond donors (Lipinski definition) is 1. The first kappa shape index (κ1) is 19.8. The summed E-state index contributed by atoms with van der Waals surface area (Å²) in [6, 6.07) is 5.03. The van der Waals surface area contributed by atoms with Crippen LogP contribution >= 0.6 is 0 Å². The molecule has 2 heterocycles. The van der Waals surface area contributed by atoms with E-state index in [4.69, 9.17) is 4.74 Å². The number of carbonyl (C=O) groups is 2. The van der Waals surface area contributed by atoms with E-state index in [0.717, 1.165) is 24.2 Å². The number of hydrogen-bond acceptors (Lipinski definition) is 4. The number of carboxylic acid groups (broad SMARTS) is 1. The Bertz CT molecular complexity index is 598. The van der Waals surface area contributed by atoms with Gasteiger partial charge in [0, 0.05) is 6.54 Å². The van der Waals surface area contributed by atoms with Crippen LogP contribution in [-0.4, -0.2) is 41.7 Å². The number of nitrogens with one attached hydrogen (secondary N) is 1. The maximum atomic E-state index is 12.9. The zero-order valence-corrected chi connectivity index (χ0v) is 16.7. The number of urea groups is 1. The molecular weight excluding hydrogens is 342 g/mol. The first-order valence-electron chi connectivity index (χ1n) is 7.66. The number of amides is 2. The topological polar surface area (TPSA) is 81.7 Å². The van der Waals surface area contributed by atoms with Gasteiger partial charge in [-0.15, -0.1) is 0 Å². The Morgan fingerprint density at radius 3 is 2.54 bits per heavy atom. The van der Waals surface area contributed by atoms with Gasteiger partial charge in [0.15, 0.2) is 0 Å². The molecule has 8 heteroatoms. The number of rotatable bonds is 5. The summed E-state index contributed by atoms with van der Waals surface area (Å²) < 4.78 is 18.6. The van der Waals surface area contributed by atoms with Crippen LogP contribution in [0.3, 0.4) is 0 Å². The molecule has 0 radical (unpaired) electrons. The van der Waals surface area contributed by atoms with Crippen LogP contribution in [0.5, 0.6) is 0 Å². The molecule has 1 aromatic carbocycles. The van der Waals surface area contributed by atoms with E-state index in [1.54, 1.807) is 0 Å². The van der Waals surface area contributed by atoms with Crippen molar-refractivity contribution in [2.75, 3.05) is 6.54 Å². The van der Waals surface area contributed by atoms with E-state index in [1.165, 1.54) is 24.3 Å². The molecule has 6 nitrogen and oxygen atoms in total. The third kappa shape index (κ3) is 5.00. The minimum absolute atomic E-state index is 0. The summed E-state index contributed by atoms with van der Waals surface area (Å²) in [5, 5.41) is 13.7. The third-order valence-electron chi connectivity index (χ3n) is 4.31. The second-order valence-corrected chi connectivity index (χ2v) is 6.02.